The Balaban J connectivity index is 2.04. The van der Waals surface area contributed by atoms with E-state index in [0.717, 1.165) is 23.7 Å². The van der Waals surface area contributed by atoms with Crippen molar-refractivity contribution in [1.82, 2.24) is 4.98 Å². The van der Waals surface area contributed by atoms with Gasteiger partial charge in [-0.25, -0.2) is 9.78 Å². The van der Waals surface area contributed by atoms with Gasteiger partial charge in [-0.15, -0.1) is 0 Å². The summed E-state index contributed by atoms with van der Waals surface area (Å²) in [6.45, 7) is 0. The van der Waals surface area contributed by atoms with Crippen LogP contribution >= 0.6 is 0 Å². The van der Waals surface area contributed by atoms with Gasteiger partial charge in [0, 0.05) is 11.4 Å². The molecule has 1 aromatic heterocycles. The van der Waals surface area contributed by atoms with Crippen LogP contribution < -0.4 is 5.32 Å². The molecule has 1 aliphatic carbocycles. The van der Waals surface area contributed by atoms with Gasteiger partial charge in [0.1, 0.15) is 11.4 Å². The molecule has 0 unspecified atom stereocenters. The van der Waals surface area contributed by atoms with Gasteiger partial charge in [0.15, 0.2) is 0 Å². The van der Waals surface area contributed by atoms with Crippen molar-refractivity contribution >= 4 is 22.7 Å². The van der Waals surface area contributed by atoms with Gasteiger partial charge in [-0.2, -0.15) is 0 Å². The van der Waals surface area contributed by atoms with Gasteiger partial charge >= 0.3 is 5.97 Å². The average Bonchev–Trinajstić information content (AvgIpc) is 2.90. The number of para-hydroxylation sites is 1. The van der Waals surface area contributed by atoms with E-state index in [1.54, 1.807) is 6.07 Å². The third kappa shape index (κ3) is 2.29. The van der Waals surface area contributed by atoms with Gasteiger partial charge in [0.25, 0.3) is 0 Å². The lowest BCUT2D eigenvalue weighted by molar-refractivity contribution is 0.0697. The molecule has 0 fully saturated rings. The third-order valence-corrected chi connectivity index (χ3v) is 3.30. The second-order valence-corrected chi connectivity index (χ2v) is 4.67. The number of pyridine rings is 1. The molecular formula is C15H14N2O2. The SMILES string of the molecule is O=C(O)c1cc2ccccc2nc1NC1CC=CC1. The summed E-state index contributed by atoms with van der Waals surface area (Å²) < 4.78 is 0. The van der Waals surface area contributed by atoms with E-state index in [-0.39, 0.29) is 11.6 Å². The van der Waals surface area contributed by atoms with Gasteiger partial charge in [0.2, 0.25) is 0 Å². The molecule has 0 saturated carbocycles. The largest absolute Gasteiger partial charge is 0.478 e. The fraction of sp³-hybridized carbons (Fsp3) is 0.200. The molecule has 19 heavy (non-hydrogen) atoms. The predicted molar refractivity (Wildman–Crippen MR) is 74.5 cm³/mol. The molecule has 0 radical (unpaired) electrons. The highest BCUT2D eigenvalue weighted by atomic mass is 16.4. The highest BCUT2D eigenvalue weighted by molar-refractivity contribution is 5.98. The van der Waals surface area contributed by atoms with E-state index in [9.17, 15) is 9.90 Å². The number of rotatable bonds is 3. The van der Waals surface area contributed by atoms with E-state index in [1.165, 1.54) is 0 Å². The van der Waals surface area contributed by atoms with Gasteiger partial charge < -0.3 is 10.4 Å². The van der Waals surface area contributed by atoms with E-state index in [0.29, 0.717) is 5.82 Å². The van der Waals surface area contributed by atoms with Crippen molar-refractivity contribution < 1.29 is 9.90 Å². The number of nitrogens with one attached hydrogen (secondary N) is 1. The van der Waals surface area contributed by atoms with Crippen molar-refractivity contribution in [3.05, 3.63) is 48.0 Å². The van der Waals surface area contributed by atoms with E-state index in [1.807, 2.05) is 24.3 Å². The van der Waals surface area contributed by atoms with Crippen LogP contribution in [0.3, 0.4) is 0 Å². The standard InChI is InChI=1S/C15H14N2O2/c18-15(19)12-9-10-5-1-4-8-13(10)17-14(12)16-11-6-2-3-7-11/h1-5,8-9,11H,6-7H2,(H,16,17)(H,18,19). The number of fused-ring (bicyclic) bond motifs is 1. The van der Waals surface area contributed by atoms with Gasteiger partial charge in [-0.3, -0.25) is 0 Å². The highest BCUT2D eigenvalue weighted by Gasteiger charge is 2.17. The number of hydrogen-bond acceptors (Lipinski definition) is 3. The van der Waals surface area contributed by atoms with Crippen LogP contribution in [-0.4, -0.2) is 22.1 Å². The number of carboxylic acid groups (broad SMARTS) is 1. The Morgan fingerprint density at radius 1 is 1.26 bits per heavy atom. The fourth-order valence-corrected chi connectivity index (χ4v) is 2.32. The quantitative estimate of drug-likeness (QED) is 0.826. The summed E-state index contributed by atoms with van der Waals surface area (Å²) in [6, 6.07) is 9.46. The van der Waals surface area contributed by atoms with Gasteiger partial charge in [-0.1, -0.05) is 30.4 Å². The van der Waals surface area contributed by atoms with E-state index < -0.39 is 5.97 Å². The molecule has 1 aromatic carbocycles. The molecule has 1 heterocycles. The molecule has 0 saturated heterocycles. The monoisotopic (exact) mass is 254 g/mol. The first kappa shape index (κ1) is 11.7. The highest BCUT2D eigenvalue weighted by Crippen LogP contribution is 2.23. The first-order chi connectivity index (χ1) is 9.24. The summed E-state index contributed by atoms with van der Waals surface area (Å²) in [5.41, 5.74) is 1.03. The summed E-state index contributed by atoms with van der Waals surface area (Å²) in [4.78, 5) is 15.8. The number of aromatic nitrogens is 1. The maximum absolute atomic E-state index is 11.3. The molecule has 0 aliphatic heterocycles. The minimum Gasteiger partial charge on any atom is -0.478 e. The Hall–Kier alpha value is -2.36. The second kappa shape index (κ2) is 4.72. The summed E-state index contributed by atoms with van der Waals surface area (Å²) >= 11 is 0. The molecule has 0 atom stereocenters. The minimum absolute atomic E-state index is 0.227. The van der Waals surface area contributed by atoms with Gasteiger partial charge in [0.05, 0.1) is 5.52 Å². The molecule has 0 spiro atoms. The summed E-state index contributed by atoms with van der Waals surface area (Å²) in [6.07, 6.45) is 6.01. The average molecular weight is 254 g/mol. The first-order valence-electron chi connectivity index (χ1n) is 6.28. The zero-order valence-corrected chi connectivity index (χ0v) is 10.3. The Bertz CT molecular complexity index is 656. The predicted octanol–water partition coefficient (Wildman–Crippen LogP) is 3.06. The number of nitrogens with zero attached hydrogens (tertiary/aromatic N) is 1. The third-order valence-electron chi connectivity index (χ3n) is 3.30. The molecule has 4 nitrogen and oxygen atoms in total. The molecule has 0 amide bonds. The number of benzene rings is 1. The molecule has 4 heteroatoms. The van der Waals surface area contributed by atoms with Crippen LogP contribution in [0.1, 0.15) is 23.2 Å². The normalized spacial score (nSPS) is 14.9. The molecular weight excluding hydrogens is 240 g/mol. The van der Waals surface area contributed by atoms with Gasteiger partial charge in [-0.05, 0) is 25.0 Å². The van der Waals surface area contributed by atoms with E-state index in [2.05, 4.69) is 22.5 Å². The fourth-order valence-electron chi connectivity index (χ4n) is 2.32. The van der Waals surface area contributed by atoms with E-state index in [4.69, 9.17) is 0 Å². The number of anilines is 1. The lowest BCUT2D eigenvalue weighted by atomic mass is 10.1. The van der Waals surface area contributed by atoms with Crippen LogP contribution in [0, 0.1) is 0 Å². The van der Waals surface area contributed by atoms with Crippen LogP contribution in [0.15, 0.2) is 42.5 Å². The Labute approximate surface area is 110 Å². The zero-order valence-electron chi connectivity index (χ0n) is 10.3. The van der Waals surface area contributed by atoms with Crippen molar-refractivity contribution in [3.63, 3.8) is 0 Å². The Kier molecular flexibility index (Phi) is 2.91. The van der Waals surface area contributed by atoms with E-state index >= 15 is 0 Å². The summed E-state index contributed by atoms with van der Waals surface area (Å²) in [5, 5.41) is 13.4. The van der Waals surface area contributed by atoms with Crippen molar-refractivity contribution in [2.75, 3.05) is 5.32 Å². The number of carbonyl (C=O) groups is 1. The summed E-state index contributed by atoms with van der Waals surface area (Å²) in [7, 11) is 0. The smallest absolute Gasteiger partial charge is 0.339 e. The maximum Gasteiger partial charge on any atom is 0.339 e. The lowest BCUT2D eigenvalue weighted by Gasteiger charge is -2.15. The van der Waals surface area contributed by atoms with Crippen LogP contribution in [0.5, 0.6) is 0 Å². The minimum atomic E-state index is -0.952. The summed E-state index contributed by atoms with van der Waals surface area (Å²) in [5.74, 6) is -0.494. The van der Waals surface area contributed by atoms with Crippen LogP contribution in [0.25, 0.3) is 10.9 Å². The van der Waals surface area contributed by atoms with Crippen LogP contribution in [-0.2, 0) is 0 Å². The van der Waals surface area contributed by atoms with Crippen LogP contribution in [0.4, 0.5) is 5.82 Å². The molecule has 1 aliphatic rings. The van der Waals surface area contributed by atoms with Crippen molar-refractivity contribution in [3.8, 4) is 0 Å². The molecule has 3 rings (SSSR count). The topological polar surface area (TPSA) is 62.2 Å². The number of hydrogen-bond donors (Lipinski definition) is 2. The van der Waals surface area contributed by atoms with Crippen molar-refractivity contribution in [2.24, 2.45) is 0 Å². The Morgan fingerprint density at radius 3 is 2.74 bits per heavy atom. The number of carboxylic acids is 1. The molecule has 96 valence electrons. The zero-order chi connectivity index (χ0) is 13.2. The van der Waals surface area contributed by atoms with Crippen LogP contribution in [0.2, 0.25) is 0 Å². The Morgan fingerprint density at radius 2 is 2.00 bits per heavy atom. The molecule has 0 bridgehead atoms. The molecule has 2 aromatic rings. The second-order valence-electron chi connectivity index (χ2n) is 4.67. The lowest BCUT2D eigenvalue weighted by Crippen LogP contribution is -2.18. The first-order valence-corrected chi connectivity index (χ1v) is 6.28. The molecule has 2 N–H and O–H groups in total. The van der Waals surface area contributed by atoms with Crippen molar-refractivity contribution in [1.29, 1.82) is 0 Å². The number of aromatic carboxylic acids is 1. The maximum atomic E-state index is 11.3. The van der Waals surface area contributed by atoms with Crippen molar-refractivity contribution in [2.45, 2.75) is 18.9 Å².